The van der Waals surface area contributed by atoms with Crippen molar-refractivity contribution in [1.29, 1.82) is 0 Å². The third kappa shape index (κ3) is 5.68. The molecule has 3 heterocycles. The molecule has 2 aliphatic rings. The number of hydrogen-bond donors (Lipinski definition) is 0. The topological polar surface area (TPSA) is 62.5 Å². The Morgan fingerprint density at radius 1 is 1.03 bits per heavy atom. The molecule has 7 heteroatoms. The lowest BCUT2D eigenvalue weighted by atomic mass is 9.89. The molecule has 1 atom stereocenters. The summed E-state index contributed by atoms with van der Waals surface area (Å²) in [6.45, 7) is 4.00. The number of aromatic nitrogens is 2. The summed E-state index contributed by atoms with van der Waals surface area (Å²) < 4.78 is 5.49. The summed E-state index contributed by atoms with van der Waals surface area (Å²) in [6, 6.07) is 18.1. The Labute approximate surface area is 205 Å². The van der Waals surface area contributed by atoms with E-state index >= 15 is 0 Å². The van der Waals surface area contributed by atoms with Crippen molar-refractivity contribution in [2.45, 2.75) is 38.6 Å². The van der Waals surface area contributed by atoms with Gasteiger partial charge >= 0.3 is 0 Å². The van der Waals surface area contributed by atoms with E-state index in [0.29, 0.717) is 35.1 Å². The second-order valence-electron chi connectivity index (χ2n) is 9.55. The van der Waals surface area contributed by atoms with Gasteiger partial charge in [0.2, 0.25) is 17.6 Å². The number of nitrogens with zero attached hydrogens (tertiary/aromatic N) is 4. The van der Waals surface area contributed by atoms with E-state index in [-0.39, 0.29) is 5.92 Å². The van der Waals surface area contributed by atoms with Gasteiger partial charge in [0.25, 0.3) is 0 Å². The number of carbonyl (C=O) groups is 1. The van der Waals surface area contributed by atoms with Gasteiger partial charge < -0.3 is 9.42 Å². The molecule has 3 aromatic rings. The Morgan fingerprint density at radius 3 is 2.65 bits per heavy atom. The molecule has 0 radical (unpaired) electrons. The first-order valence-electron chi connectivity index (χ1n) is 12.3. The number of carbonyl (C=O) groups excluding carboxylic acids is 1. The minimum absolute atomic E-state index is 0.0507. The van der Waals surface area contributed by atoms with Crippen LogP contribution in [0.2, 0.25) is 5.02 Å². The summed E-state index contributed by atoms with van der Waals surface area (Å²) in [5, 5.41) is 4.75. The largest absolute Gasteiger partial charge is 0.342 e. The van der Waals surface area contributed by atoms with Crippen LogP contribution >= 0.6 is 11.6 Å². The molecule has 0 aliphatic carbocycles. The minimum Gasteiger partial charge on any atom is -0.342 e. The van der Waals surface area contributed by atoms with E-state index in [1.165, 1.54) is 5.56 Å². The maximum Gasteiger partial charge on any atom is 0.241 e. The summed E-state index contributed by atoms with van der Waals surface area (Å²) in [5.74, 6) is 2.15. The highest BCUT2D eigenvalue weighted by molar-refractivity contribution is 6.30. The first-order valence-corrected chi connectivity index (χ1v) is 12.7. The molecule has 0 bridgehead atoms. The zero-order valence-corrected chi connectivity index (χ0v) is 20.2. The Morgan fingerprint density at radius 2 is 1.85 bits per heavy atom. The van der Waals surface area contributed by atoms with Gasteiger partial charge in [-0.3, -0.25) is 9.69 Å². The monoisotopic (exact) mass is 478 g/mol. The molecule has 2 fully saturated rings. The highest BCUT2D eigenvalue weighted by atomic mass is 35.5. The Balaban J connectivity index is 1.12. The van der Waals surface area contributed by atoms with Crippen LogP contribution in [-0.4, -0.2) is 52.0 Å². The fourth-order valence-corrected chi connectivity index (χ4v) is 5.41. The molecule has 1 unspecified atom stereocenters. The molecule has 1 amide bonds. The number of amides is 1. The van der Waals surface area contributed by atoms with Crippen molar-refractivity contribution in [2.75, 3.05) is 26.2 Å². The van der Waals surface area contributed by atoms with Crippen LogP contribution in [0.4, 0.5) is 0 Å². The summed E-state index contributed by atoms with van der Waals surface area (Å²) >= 11 is 6.08. The van der Waals surface area contributed by atoms with E-state index in [9.17, 15) is 4.79 Å². The van der Waals surface area contributed by atoms with Gasteiger partial charge in [0.05, 0.1) is 12.5 Å². The molecule has 0 N–H and O–H groups in total. The van der Waals surface area contributed by atoms with Crippen molar-refractivity contribution in [2.24, 2.45) is 11.8 Å². The fraction of sp³-hybridized carbons (Fsp3) is 0.444. The van der Waals surface area contributed by atoms with Crippen LogP contribution in [0.5, 0.6) is 0 Å². The van der Waals surface area contributed by atoms with E-state index in [0.717, 1.165) is 63.8 Å². The van der Waals surface area contributed by atoms with Crippen molar-refractivity contribution in [3.8, 4) is 11.4 Å². The van der Waals surface area contributed by atoms with E-state index < -0.39 is 0 Å². The Kier molecular flexibility index (Phi) is 7.26. The quantitative estimate of drug-likeness (QED) is 0.494. The van der Waals surface area contributed by atoms with Crippen LogP contribution in [0.3, 0.4) is 0 Å². The van der Waals surface area contributed by atoms with Gasteiger partial charge in [0.1, 0.15) is 0 Å². The van der Waals surface area contributed by atoms with Gasteiger partial charge in [-0.15, -0.1) is 0 Å². The predicted octanol–water partition coefficient (Wildman–Crippen LogP) is 5.08. The Bertz CT molecular complexity index is 1090. The molecule has 2 aliphatic heterocycles. The molecule has 0 saturated carbocycles. The molecule has 2 aromatic carbocycles. The van der Waals surface area contributed by atoms with Crippen LogP contribution in [0.1, 0.15) is 37.1 Å². The average Bonchev–Trinajstić information content (AvgIpc) is 3.33. The van der Waals surface area contributed by atoms with Crippen molar-refractivity contribution < 1.29 is 9.32 Å². The zero-order valence-electron chi connectivity index (χ0n) is 19.4. The Hall–Kier alpha value is -2.70. The lowest BCUT2D eigenvalue weighted by Gasteiger charge is -2.37. The van der Waals surface area contributed by atoms with Gasteiger partial charge in [-0.25, -0.2) is 0 Å². The highest BCUT2D eigenvalue weighted by Crippen LogP contribution is 2.26. The molecule has 178 valence electrons. The lowest BCUT2D eigenvalue weighted by molar-refractivity contribution is -0.138. The lowest BCUT2D eigenvalue weighted by Crippen LogP contribution is -2.47. The molecule has 0 spiro atoms. The molecular formula is C27H31ClN4O2. The van der Waals surface area contributed by atoms with Crippen LogP contribution in [-0.2, 0) is 17.8 Å². The summed E-state index contributed by atoms with van der Waals surface area (Å²) in [4.78, 5) is 22.2. The molecule has 5 rings (SSSR count). The fourth-order valence-electron chi connectivity index (χ4n) is 5.22. The van der Waals surface area contributed by atoms with Gasteiger partial charge in [0, 0.05) is 30.2 Å². The van der Waals surface area contributed by atoms with E-state index in [4.69, 9.17) is 16.1 Å². The SMILES string of the molecule is O=C(C1CCCN(Cc2nc(-c3cccc(Cl)c3)no2)C1)N1CCC(Cc2ccccc2)CC1. The number of hydrogen-bond acceptors (Lipinski definition) is 5. The van der Waals surface area contributed by atoms with Gasteiger partial charge in [-0.1, -0.05) is 59.2 Å². The number of benzene rings is 2. The van der Waals surface area contributed by atoms with E-state index in [2.05, 4.69) is 50.3 Å². The molecule has 34 heavy (non-hydrogen) atoms. The summed E-state index contributed by atoms with van der Waals surface area (Å²) in [5.41, 5.74) is 2.24. The van der Waals surface area contributed by atoms with Gasteiger partial charge in [0.15, 0.2) is 0 Å². The number of piperidine rings is 2. The first-order chi connectivity index (χ1) is 16.6. The third-order valence-electron chi connectivity index (χ3n) is 7.06. The molecular weight excluding hydrogens is 448 g/mol. The first kappa shape index (κ1) is 23.1. The minimum atomic E-state index is 0.0507. The maximum atomic E-state index is 13.3. The van der Waals surface area contributed by atoms with Crippen molar-refractivity contribution in [3.05, 3.63) is 71.1 Å². The molecule has 2 saturated heterocycles. The van der Waals surface area contributed by atoms with Crippen LogP contribution in [0.25, 0.3) is 11.4 Å². The van der Waals surface area contributed by atoms with Crippen LogP contribution in [0.15, 0.2) is 59.1 Å². The highest BCUT2D eigenvalue weighted by Gasteiger charge is 2.32. The van der Waals surface area contributed by atoms with E-state index in [1.807, 2.05) is 24.3 Å². The standard InChI is InChI=1S/C27H31ClN4O2/c28-24-10-4-8-22(17-24)26-29-25(34-30-26)19-31-13-5-9-23(18-31)27(33)32-14-11-21(12-15-32)16-20-6-2-1-3-7-20/h1-4,6-8,10,17,21,23H,5,9,11-16,18-19H2. The van der Waals surface area contributed by atoms with Crippen molar-refractivity contribution in [1.82, 2.24) is 19.9 Å². The summed E-state index contributed by atoms with van der Waals surface area (Å²) in [7, 11) is 0. The van der Waals surface area contributed by atoms with Gasteiger partial charge in [-0.2, -0.15) is 4.98 Å². The normalized spacial score (nSPS) is 19.9. The smallest absolute Gasteiger partial charge is 0.241 e. The number of likely N-dealkylation sites (tertiary alicyclic amines) is 2. The molecule has 1 aromatic heterocycles. The molecule has 6 nitrogen and oxygen atoms in total. The third-order valence-corrected chi connectivity index (χ3v) is 7.29. The maximum absolute atomic E-state index is 13.3. The van der Waals surface area contributed by atoms with E-state index in [1.54, 1.807) is 0 Å². The zero-order chi connectivity index (χ0) is 23.3. The van der Waals surface area contributed by atoms with Gasteiger partial charge in [-0.05, 0) is 62.3 Å². The summed E-state index contributed by atoms with van der Waals surface area (Å²) in [6.07, 6.45) is 5.26. The second kappa shape index (κ2) is 10.7. The van der Waals surface area contributed by atoms with Crippen LogP contribution in [0, 0.1) is 11.8 Å². The number of rotatable bonds is 6. The second-order valence-corrected chi connectivity index (χ2v) is 9.99. The van der Waals surface area contributed by atoms with Crippen molar-refractivity contribution >= 4 is 17.5 Å². The van der Waals surface area contributed by atoms with Crippen LogP contribution < -0.4 is 0 Å². The average molecular weight is 479 g/mol. The predicted molar refractivity (Wildman–Crippen MR) is 132 cm³/mol. The number of halogens is 1. The van der Waals surface area contributed by atoms with Crippen molar-refractivity contribution in [3.63, 3.8) is 0 Å².